The normalized spacial score (nSPS) is 9.90. The fourth-order valence-electron chi connectivity index (χ4n) is 1.60. The Morgan fingerprint density at radius 3 is 1.50 bits per heavy atom. The third kappa shape index (κ3) is 3.17. The second-order valence-electron chi connectivity index (χ2n) is 3.78. The van der Waals surface area contributed by atoms with Crippen molar-refractivity contribution in [1.29, 1.82) is 0 Å². The van der Waals surface area contributed by atoms with Crippen molar-refractivity contribution in [2.75, 3.05) is 14.2 Å². The number of ether oxygens (including phenoxy) is 4. The number of carbonyl (C=O) groups is 2. The van der Waals surface area contributed by atoms with Gasteiger partial charge in [0.15, 0.2) is 0 Å². The zero-order chi connectivity index (χ0) is 14.5. The maximum atomic E-state index is 11.0. The maximum Gasteiger partial charge on any atom is 0.513 e. The second-order valence-corrected chi connectivity index (χ2v) is 3.78. The van der Waals surface area contributed by atoms with E-state index in [2.05, 4.69) is 9.47 Å². The van der Waals surface area contributed by atoms with Crippen LogP contribution in [-0.4, -0.2) is 26.5 Å². The lowest BCUT2D eigenvalue weighted by atomic mass is 10.1. The van der Waals surface area contributed by atoms with E-state index in [4.69, 9.17) is 9.47 Å². The molecule has 2 rings (SSSR count). The molecular formula is C14H12O6. The highest BCUT2D eigenvalue weighted by molar-refractivity contribution is 5.86. The van der Waals surface area contributed by atoms with Gasteiger partial charge in [-0.3, -0.25) is 0 Å². The van der Waals surface area contributed by atoms with Crippen LogP contribution in [0.4, 0.5) is 9.59 Å². The maximum absolute atomic E-state index is 11.0. The summed E-state index contributed by atoms with van der Waals surface area (Å²) in [6.45, 7) is 0. The van der Waals surface area contributed by atoms with Crippen molar-refractivity contribution in [3.05, 3.63) is 36.4 Å². The van der Waals surface area contributed by atoms with Gasteiger partial charge in [0.2, 0.25) is 0 Å². The van der Waals surface area contributed by atoms with Crippen molar-refractivity contribution in [2.45, 2.75) is 0 Å². The smallest absolute Gasteiger partial charge is 0.437 e. The molecule has 6 heteroatoms. The topological polar surface area (TPSA) is 71.1 Å². The molecule has 2 aromatic carbocycles. The first kappa shape index (κ1) is 13.7. The van der Waals surface area contributed by atoms with Crippen LogP contribution in [0.1, 0.15) is 0 Å². The van der Waals surface area contributed by atoms with E-state index in [1.807, 2.05) is 0 Å². The molecule has 0 aliphatic rings. The molecule has 0 aliphatic heterocycles. The number of fused-ring (bicyclic) bond motifs is 1. The van der Waals surface area contributed by atoms with Gasteiger partial charge in [-0.05, 0) is 35.0 Å². The van der Waals surface area contributed by atoms with Crippen LogP contribution in [-0.2, 0) is 9.47 Å². The van der Waals surface area contributed by atoms with E-state index in [-0.39, 0.29) is 0 Å². The molecule has 20 heavy (non-hydrogen) atoms. The first-order valence-electron chi connectivity index (χ1n) is 5.68. The summed E-state index contributed by atoms with van der Waals surface area (Å²) in [5.74, 6) is 0.733. The summed E-state index contributed by atoms with van der Waals surface area (Å²) in [5.41, 5.74) is 0. The van der Waals surface area contributed by atoms with Crippen LogP contribution >= 0.6 is 0 Å². The molecule has 0 atom stereocenters. The molecule has 0 unspecified atom stereocenters. The van der Waals surface area contributed by atoms with Crippen LogP contribution in [0.25, 0.3) is 10.8 Å². The first-order chi connectivity index (χ1) is 9.62. The second kappa shape index (κ2) is 5.92. The van der Waals surface area contributed by atoms with Crippen LogP contribution in [0, 0.1) is 0 Å². The molecular weight excluding hydrogens is 264 g/mol. The van der Waals surface area contributed by atoms with Crippen molar-refractivity contribution < 1.29 is 28.5 Å². The molecule has 2 aromatic rings. The fourth-order valence-corrected chi connectivity index (χ4v) is 1.60. The first-order valence-corrected chi connectivity index (χ1v) is 5.68. The molecule has 0 radical (unpaired) electrons. The Balaban J connectivity index is 2.25. The minimum atomic E-state index is -0.782. The number of hydrogen-bond acceptors (Lipinski definition) is 6. The molecule has 0 spiro atoms. The molecule has 0 bridgehead atoms. The van der Waals surface area contributed by atoms with Gasteiger partial charge in [-0.15, -0.1) is 0 Å². The molecule has 0 N–H and O–H groups in total. The largest absolute Gasteiger partial charge is 0.513 e. The molecule has 0 saturated heterocycles. The Kier molecular flexibility index (Phi) is 4.05. The van der Waals surface area contributed by atoms with Crippen molar-refractivity contribution in [3.8, 4) is 11.5 Å². The molecule has 0 aromatic heterocycles. The summed E-state index contributed by atoms with van der Waals surface area (Å²) in [6, 6.07) is 10.0. The highest BCUT2D eigenvalue weighted by Crippen LogP contribution is 2.25. The molecule has 104 valence electrons. The van der Waals surface area contributed by atoms with Gasteiger partial charge < -0.3 is 18.9 Å². The lowest BCUT2D eigenvalue weighted by Gasteiger charge is -2.06. The van der Waals surface area contributed by atoms with E-state index in [0.717, 1.165) is 10.8 Å². The number of benzene rings is 2. The standard InChI is InChI=1S/C14H12O6/c1-17-13(15)19-11-5-3-10-8-12(20-14(16)18-2)6-4-9(10)7-11/h3-8H,1-2H3. The van der Waals surface area contributed by atoms with Crippen LogP contribution in [0.15, 0.2) is 36.4 Å². The molecule has 0 aliphatic carbocycles. The Bertz CT molecular complexity index is 592. The fraction of sp³-hybridized carbons (Fsp3) is 0.143. The van der Waals surface area contributed by atoms with Crippen LogP contribution in [0.3, 0.4) is 0 Å². The summed E-state index contributed by atoms with van der Waals surface area (Å²) in [4.78, 5) is 22.0. The van der Waals surface area contributed by atoms with Crippen molar-refractivity contribution in [1.82, 2.24) is 0 Å². The zero-order valence-electron chi connectivity index (χ0n) is 10.9. The van der Waals surface area contributed by atoms with E-state index in [1.54, 1.807) is 36.4 Å². The average Bonchev–Trinajstić information content (AvgIpc) is 2.47. The zero-order valence-corrected chi connectivity index (χ0v) is 10.9. The summed E-state index contributed by atoms with van der Waals surface area (Å²) in [7, 11) is 2.47. The van der Waals surface area contributed by atoms with Crippen molar-refractivity contribution in [2.24, 2.45) is 0 Å². The van der Waals surface area contributed by atoms with E-state index >= 15 is 0 Å². The predicted octanol–water partition coefficient (Wildman–Crippen LogP) is 3.13. The van der Waals surface area contributed by atoms with Gasteiger partial charge in [-0.1, -0.05) is 12.1 Å². The van der Waals surface area contributed by atoms with Crippen molar-refractivity contribution >= 4 is 23.1 Å². The van der Waals surface area contributed by atoms with Gasteiger partial charge in [0.25, 0.3) is 0 Å². The quantitative estimate of drug-likeness (QED) is 0.620. The van der Waals surface area contributed by atoms with Gasteiger partial charge in [0, 0.05) is 0 Å². The number of hydrogen-bond donors (Lipinski definition) is 0. The van der Waals surface area contributed by atoms with E-state index in [1.165, 1.54) is 14.2 Å². The van der Waals surface area contributed by atoms with E-state index in [9.17, 15) is 9.59 Å². The summed E-state index contributed by atoms with van der Waals surface area (Å²) >= 11 is 0. The molecule has 6 nitrogen and oxygen atoms in total. The van der Waals surface area contributed by atoms with Gasteiger partial charge in [0.1, 0.15) is 11.5 Å². The van der Waals surface area contributed by atoms with E-state index < -0.39 is 12.3 Å². The molecule has 0 fully saturated rings. The summed E-state index contributed by atoms with van der Waals surface area (Å²) in [6.07, 6.45) is -1.56. The monoisotopic (exact) mass is 276 g/mol. The third-order valence-corrected chi connectivity index (χ3v) is 2.52. The molecule has 0 saturated carbocycles. The Labute approximate surface area is 114 Å². The Hall–Kier alpha value is -2.76. The van der Waals surface area contributed by atoms with Crippen LogP contribution in [0.5, 0.6) is 11.5 Å². The predicted molar refractivity (Wildman–Crippen MR) is 70.0 cm³/mol. The SMILES string of the molecule is COC(=O)Oc1ccc2cc(OC(=O)OC)ccc2c1. The lowest BCUT2D eigenvalue weighted by molar-refractivity contribution is 0.120. The van der Waals surface area contributed by atoms with Crippen molar-refractivity contribution in [3.63, 3.8) is 0 Å². The molecule has 0 heterocycles. The average molecular weight is 276 g/mol. The van der Waals surface area contributed by atoms with E-state index in [0.29, 0.717) is 11.5 Å². The number of carbonyl (C=O) groups excluding carboxylic acids is 2. The third-order valence-electron chi connectivity index (χ3n) is 2.52. The minimum Gasteiger partial charge on any atom is -0.437 e. The Morgan fingerprint density at radius 1 is 0.750 bits per heavy atom. The minimum absolute atomic E-state index is 0.367. The molecule has 0 amide bonds. The number of rotatable bonds is 2. The summed E-state index contributed by atoms with van der Waals surface area (Å²) in [5, 5.41) is 1.65. The van der Waals surface area contributed by atoms with Gasteiger partial charge in [0.05, 0.1) is 14.2 Å². The van der Waals surface area contributed by atoms with Gasteiger partial charge in [-0.2, -0.15) is 0 Å². The van der Waals surface area contributed by atoms with Gasteiger partial charge >= 0.3 is 12.3 Å². The Morgan fingerprint density at radius 2 is 1.15 bits per heavy atom. The summed E-state index contributed by atoms with van der Waals surface area (Å²) < 4.78 is 18.7. The lowest BCUT2D eigenvalue weighted by Crippen LogP contribution is -2.07. The van der Waals surface area contributed by atoms with Gasteiger partial charge in [-0.25, -0.2) is 9.59 Å². The highest BCUT2D eigenvalue weighted by atomic mass is 16.7. The van der Waals surface area contributed by atoms with Crippen LogP contribution < -0.4 is 9.47 Å². The highest BCUT2D eigenvalue weighted by Gasteiger charge is 2.07. The van der Waals surface area contributed by atoms with Crippen LogP contribution in [0.2, 0.25) is 0 Å². The number of methoxy groups -OCH3 is 2.